The number of ketones is 1. The van der Waals surface area contributed by atoms with E-state index in [-0.39, 0.29) is 17.8 Å². The zero-order chi connectivity index (χ0) is 12.3. The minimum atomic E-state index is 0.104. The Kier molecular flexibility index (Phi) is 3.82. The highest BCUT2D eigenvalue weighted by Gasteiger charge is 2.25. The maximum atomic E-state index is 12.4. The summed E-state index contributed by atoms with van der Waals surface area (Å²) in [5.74, 6) is 1.21. The zero-order valence-electron chi connectivity index (χ0n) is 10.6. The van der Waals surface area contributed by atoms with E-state index in [1.54, 1.807) is 0 Å². The minimum absolute atomic E-state index is 0.104. The normalized spacial score (nSPS) is 16.4. The van der Waals surface area contributed by atoms with Gasteiger partial charge in [0.25, 0.3) is 0 Å². The Balaban J connectivity index is 2.21. The van der Waals surface area contributed by atoms with Gasteiger partial charge in [0.2, 0.25) is 0 Å². The molecule has 0 amide bonds. The average molecular weight is 232 g/mol. The van der Waals surface area contributed by atoms with Crippen molar-refractivity contribution in [1.29, 1.82) is 0 Å². The molecule has 1 aliphatic carbocycles. The first-order chi connectivity index (χ1) is 8.18. The minimum Gasteiger partial charge on any atom is -0.490 e. The predicted molar refractivity (Wildman–Crippen MR) is 68.5 cm³/mol. The van der Waals surface area contributed by atoms with Crippen LogP contribution in [0.5, 0.6) is 5.75 Å². The van der Waals surface area contributed by atoms with E-state index in [0.717, 1.165) is 24.2 Å². The number of carbonyl (C=O) groups is 1. The highest BCUT2D eigenvalue weighted by molar-refractivity contribution is 6.00. The number of hydrogen-bond acceptors (Lipinski definition) is 2. The van der Waals surface area contributed by atoms with E-state index in [2.05, 4.69) is 0 Å². The van der Waals surface area contributed by atoms with Gasteiger partial charge in [0.05, 0.1) is 11.7 Å². The summed E-state index contributed by atoms with van der Waals surface area (Å²) in [5.41, 5.74) is 0.758. The van der Waals surface area contributed by atoms with Crippen molar-refractivity contribution in [2.75, 3.05) is 0 Å². The fourth-order valence-corrected chi connectivity index (χ4v) is 2.43. The third kappa shape index (κ3) is 2.87. The van der Waals surface area contributed by atoms with Gasteiger partial charge in [-0.15, -0.1) is 0 Å². The summed E-state index contributed by atoms with van der Waals surface area (Å²) in [6.07, 6.45) is 4.55. The number of rotatable bonds is 4. The topological polar surface area (TPSA) is 26.3 Å². The lowest BCUT2D eigenvalue weighted by molar-refractivity contribution is 0.0917. The Bertz CT molecular complexity index is 390. The molecular weight excluding hydrogens is 212 g/mol. The van der Waals surface area contributed by atoms with Crippen molar-refractivity contribution in [3.63, 3.8) is 0 Å². The van der Waals surface area contributed by atoms with Gasteiger partial charge < -0.3 is 4.74 Å². The van der Waals surface area contributed by atoms with Crippen LogP contribution in [0.25, 0.3) is 0 Å². The smallest absolute Gasteiger partial charge is 0.169 e. The monoisotopic (exact) mass is 232 g/mol. The summed E-state index contributed by atoms with van der Waals surface area (Å²) < 4.78 is 5.71. The molecule has 0 spiro atoms. The van der Waals surface area contributed by atoms with Gasteiger partial charge in [0, 0.05) is 5.92 Å². The number of ether oxygens (including phenoxy) is 1. The zero-order valence-corrected chi connectivity index (χ0v) is 10.6. The summed E-state index contributed by atoms with van der Waals surface area (Å²) in [4.78, 5) is 12.4. The number of carbonyl (C=O) groups excluding carboxylic acids is 1. The Hall–Kier alpha value is -1.31. The van der Waals surface area contributed by atoms with Gasteiger partial charge in [-0.25, -0.2) is 0 Å². The number of Topliss-reactive ketones (excluding diaryl/α,β-unsaturated/α-hetero) is 1. The summed E-state index contributed by atoms with van der Waals surface area (Å²) in [6, 6.07) is 7.61. The van der Waals surface area contributed by atoms with E-state index in [1.165, 1.54) is 12.8 Å². The van der Waals surface area contributed by atoms with Gasteiger partial charge in [0.1, 0.15) is 5.75 Å². The first-order valence-electron chi connectivity index (χ1n) is 6.48. The highest BCUT2D eigenvalue weighted by atomic mass is 16.5. The SMILES string of the molecule is CC(C)Oc1ccccc1C(=O)C1CCCC1. The van der Waals surface area contributed by atoms with Gasteiger partial charge in [-0.1, -0.05) is 25.0 Å². The quantitative estimate of drug-likeness (QED) is 0.737. The summed E-state index contributed by atoms with van der Waals surface area (Å²) in [6.45, 7) is 3.97. The van der Waals surface area contributed by atoms with Crippen LogP contribution < -0.4 is 4.74 Å². The second kappa shape index (κ2) is 5.35. The van der Waals surface area contributed by atoms with Crippen molar-refractivity contribution in [1.82, 2.24) is 0 Å². The average Bonchev–Trinajstić information content (AvgIpc) is 2.81. The van der Waals surface area contributed by atoms with Crippen molar-refractivity contribution in [2.24, 2.45) is 5.92 Å². The molecule has 0 saturated heterocycles. The van der Waals surface area contributed by atoms with Crippen molar-refractivity contribution < 1.29 is 9.53 Å². The Morgan fingerprint density at radius 2 is 1.88 bits per heavy atom. The van der Waals surface area contributed by atoms with Crippen molar-refractivity contribution in [2.45, 2.75) is 45.6 Å². The summed E-state index contributed by atoms with van der Waals surface area (Å²) in [7, 11) is 0. The Morgan fingerprint density at radius 1 is 1.24 bits per heavy atom. The second-order valence-electron chi connectivity index (χ2n) is 5.01. The van der Waals surface area contributed by atoms with Crippen LogP contribution in [0.2, 0.25) is 0 Å². The molecule has 1 aliphatic rings. The molecule has 2 rings (SSSR count). The molecule has 1 fully saturated rings. The lowest BCUT2D eigenvalue weighted by Crippen LogP contribution is -2.15. The molecule has 1 aromatic rings. The maximum absolute atomic E-state index is 12.4. The van der Waals surface area contributed by atoms with E-state index in [4.69, 9.17) is 4.74 Å². The predicted octanol–water partition coefficient (Wildman–Crippen LogP) is 3.85. The molecule has 1 saturated carbocycles. The first-order valence-corrected chi connectivity index (χ1v) is 6.48. The fourth-order valence-electron chi connectivity index (χ4n) is 2.43. The highest BCUT2D eigenvalue weighted by Crippen LogP contribution is 2.31. The van der Waals surface area contributed by atoms with Crippen LogP contribution >= 0.6 is 0 Å². The molecule has 0 radical (unpaired) electrons. The molecule has 0 bridgehead atoms. The number of hydrogen-bond donors (Lipinski definition) is 0. The third-order valence-corrected chi connectivity index (χ3v) is 3.24. The summed E-state index contributed by atoms with van der Waals surface area (Å²) in [5, 5.41) is 0. The molecule has 0 N–H and O–H groups in total. The standard InChI is InChI=1S/C15H20O2/c1-11(2)17-14-10-6-5-9-13(14)15(16)12-7-3-4-8-12/h5-6,9-12H,3-4,7-8H2,1-2H3. The molecule has 92 valence electrons. The molecule has 2 nitrogen and oxygen atoms in total. The van der Waals surface area contributed by atoms with Crippen molar-refractivity contribution in [3.05, 3.63) is 29.8 Å². The van der Waals surface area contributed by atoms with E-state index in [9.17, 15) is 4.79 Å². The first kappa shape index (κ1) is 12.2. The van der Waals surface area contributed by atoms with Gasteiger partial charge in [-0.05, 0) is 38.8 Å². The molecule has 0 aliphatic heterocycles. The van der Waals surface area contributed by atoms with Crippen LogP contribution in [0.4, 0.5) is 0 Å². The Labute approximate surface area is 103 Å². The van der Waals surface area contributed by atoms with Gasteiger partial charge in [-0.3, -0.25) is 4.79 Å². The van der Waals surface area contributed by atoms with Gasteiger partial charge in [0.15, 0.2) is 5.78 Å². The number of benzene rings is 1. The van der Waals surface area contributed by atoms with Crippen LogP contribution in [0.15, 0.2) is 24.3 Å². The van der Waals surface area contributed by atoms with Crippen molar-refractivity contribution in [3.8, 4) is 5.75 Å². The third-order valence-electron chi connectivity index (χ3n) is 3.24. The van der Waals surface area contributed by atoms with Crippen LogP contribution in [0.1, 0.15) is 49.9 Å². The van der Waals surface area contributed by atoms with E-state index >= 15 is 0 Å². The lowest BCUT2D eigenvalue weighted by Gasteiger charge is -2.15. The maximum Gasteiger partial charge on any atom is 0.169 e. The van der Waals surface area contributed by atoms with Crippen LogP contribution in [-0.4, -0.2) is 11.9 Å². The molecule has 17 heavy (non-hydrogen) atoms. The van der Waals surface area contributed by atoms with Gasteiger partial charge >= 0.3 is 0 Å². The number of para-hydroxylation sites is 1. The summed E-state index contributed by atoms with van der Waals surface area (Å²) >= 11 is 0. The van der Waals surface area contributed by atoms with Crippen LogP contribution in [0, 0.1) is 5.92 Å². The fraction of sp³-hybridized carbons (Fsp3) is 0.533. The van der Waals surface area contributed by atoms with Crippen LogP contribution in [0.3, 0.4) is 0 Å². The second-order valence-corrected chi connectivity index (χ2v) is 5.01. The van der Waals surface area contributed by atoms with Crippen LogP contribution in [-0.2, 0) is 0 Å². The molecular formula is C15H20O2. The largest absolute Gasteiger partial charge is 0.490 e. The molecule has 2 heteroatoms. The molecule has 1 aromatic carbocycles. The molecule has 0 aromatic heterocycles. The van der Waals surface area contributed by atoms with Crippen molar-refractivity contribution >= 4 is 5.78 Å². The van der Waals surface area contributed by atoms with E-state index in [0.29, 0.717) is 0 Å². The lowest BCUT2D eigenvalue weighted by atomic mass is 9.96. The molecule has 0 atom stereocenters. The Morgan fingerprint density at radius 3 is 2.53 bits per heavy atom. The van der Waals surface area contributed by atoms with Gasteiger partial charge in [-0.2, -0.15) is 0 Å². The molecule has 0 unspecified atom stereocenters. The molecule has 0 heterocycles. The van der Waals surface area contributed by atoms with E-state index < -0.39 is 0 Å². The van der Waals surface area contributed by atoms with E-state index in [1.807, 2.05) is 38.1 Å².